The minimum atomic E-state index is -0.261. The van der Waals surface area contributed by atoms with Gasteiger partial charge in [0, 0.05) is 25.1 Å². The van der Waals surface area contributed by atoms with Gasteiger partial charge in [0.15, 0.2) is 5.65 Å². The normalized spacial score (nSPS) is 17.0. The zero-order chi connectivity index (χ0) is 15.6. The van der Waals surface area contributed by atoms with E-state index in [1.807, 2.05) is 16.7 Å². The van der Waals surface area contributed by atoms with E-state index in [1.165, 1.54) is 18.6 Å². The third kappa shape index (κ3) is 2.53. The SMILES string of the molecule is O=C(NCC1COCc2nc3cccnc3n21)c1cnccn1. The number of carbonyl (C=O) groups excluding carboxylic acids is 1. The molecule has 1 amide bonds. The summed E-state index contributed by atoms with van der Waals surface area (Å²) < 4.78 is 7.62. The van der Waals surface area contributed by atoms with Gasteiger partial charge in [-0.2, -0.15) is 0 Å². The summed E-state index contributed by atoms with van der Waals surface area (Å²) in [4.78, 5) is 28.9. The van der Waals surface area contributed by atoms with Crippen LogP contribution in [0.1, 0.15) is 22.4 Å². The fraction of sp³-hybridized carbons (Fsp3) is 0.267. The van der Waals surface area contributed by atoms with Crippen LogP contribution in [-0.2, 0) is 11.3 Å². The lowest BCUT2D eigenvalue weighted by atomic mass is 10.2. The lowest BCUT2D eigenvalue weighted by molar-refractivity contribution is 0.0550. The summed E-state index contributed by atoms with van der Waals surface area (Å²) in [6.07, 6.45) is 6.19. The summed E-state index contributed by atoms with van der Waals surface area (Å²) in [5.41, 5.74) is 1.93. The highest BCUT2D eigenvalue weighted by Crippen LogP contribution is 2.24. The van der Waals surface area contributed by atoms with Gasteiger partial charge in [-0.05, 0) is 12.1 Å². The Labute approximate surface area is 131 Å². The third-order valence-corrected chi connectivity index (χ3v) is 3.72. The van der Waals surface area contributed by atoms with Crippen LogP contribution in [0.4, 0.5) is 0 Å². The average molecular weight is 310 g/mol. The first-order chi connectivity index (χ1) is 11.3. The molecule has 0 spiro atoms. The molecule has 1 atom stereocenters. The first-order valence-corrected chi connectivity index (χ1v) is 7.27. The number of ether oxygens (including phenoxy) is 1. The molecule has 0 radical (unpaired) electrons. The molecule has 1 aliphatic rings. The highest BCUT2D eigenvalue weighted by Gasteiger charge is 2.25. The number of rotatable bonds is 3. The van der Waals surface area contributed by atoms with Gasteiger partial charge in [-0.25, -0.2) is 15.0 Å². The number of nitrogens with one attached hydrogen (secondary N) is 1. The first-order valence-electron chi connectivity index (χ1n) is 7.27. The number of aromatic nitrogens is 5. The van der Waals surface area contributed by atoms with E-state index < -0.39 is 0 Å². The van der Waals surface area contributed by atoms with Crippen LogP contribution in [-0.4, -0.2) is 43.6 Å². The van der Waals surface area contributed by atoms with E-state index in [0.29, 0.717) is 19.8 Å². The van der Waals surface area contributed by atoms with Crippen molar-refractivity contribution in [1.82, 2.24) is 29.8 Å². The fourth-order valence-electron chi connectivity index (χ4n) is 2.69. The van der Waals surface area contributed by atoms with Crippen LogP contribution in [0.3, 0.4) is 0 Å². The molecule has 3 aromatic heterocycles. The Kier molecular flexibility index (Phi) is 3.43. The molecule has 8 heteroatoms. The molecule has 4 heterocycles. The standard InChI is InChI=1S/C15H14N6O2/c22-15(12-7-16-4-5-17-12)19-6-10-8-23-9-13-20-11-2-1-3-18-14(11)21(10)13/h1-5,7,10H,6,8-9H2,(H,19,22). The second-order valence-corrected chi connectivity index (χ2v) is 5.21. The smallest absolute Gasteiger partial charge is 0.271 e. The van der Waals surface area contributed by atoms with Gasteiger partial charge in [-0.15, -0.1) is 0 Å². The van der Waals surface area contributed by atoms with Crippen LogP contribution in [0.15, 0.2) is 36.9 Å². The number of fused-ring (bicyclic) bond motifs is 3. The zero-order valence-electron chi connectivity index (χ0n) is 12.2. The van der Waals surface area contributed by atoms with Crippen molar-refractivity contribution in [2.45, 2.75) is 12.6 Å². The molecular weight excluding hydrogens is 296 g/mol. The maximum absolute atomic E-state index is 12.1. The molecule has 1 aliphatic heterocycles. The highest BCUT2D eigenvalue weighted by atomic mass is 16.5. The van der Waals surface area contributed by atoms with E-state index in [1.54, 1.807) is 6.20 Å². The number of amides is 1. The van der Waals surface area contributed by atoms with Crippen molar-refractivity contribution >= 4 is 17.1 Å². The van der Waals surface area contributed by atoms with Gasteiger partial charge in [0.05, 0.1) is 18.8 Å². The summed E-state index contributed by atoms with van der Waals surface area (Å²) in [7, 11) is 0. The van der Waals surface area contributed by atoms with E-state index in [9.17, 15) is 4.79 Å². The second-order valence-electron chi connectivity index (χ2n) is 5.21. The van der Waals surface area contributed by atoms with E-state index in [-0.39, 0.29) is 17.6 Å². The van der Waals surface area contributed by atoms with Crippen molar-refractivity contribution in [1.29, 1.82) is 0 Å². The molecular formula is C15H14N6O2. The molecule has 8 nitrogen and oxygen atoms in total. The Morgan fingerprint density at radius 2 is 2.30 bits per heavy atom. The molecule has 3 aromatic rings. The van der Waals surface area contributed by atoms with Crippen molar-refractivity contribution < 1.29 is 9.53 Å². The van der Waals surface area contributed by atoms with Crippen LogP contribution in [0.2, 0.25) is 0 Å². The van der Waals surface area contributed by atoms with Crippen LogP contribution >= 0.6 is 0 Å². The van der Waals surface area contributed by atoms with Gasteiger partial charge in [0.1, 0.15) is 23.6 Å². The number of nitrogens with zero attached hydrogens (tertiary/aromatic N) is 5. The van der Waals surface area contributed by atoms with E-state index >= 15 is 0 Å². The Morgan fingerprint density at radius 1 is 1.35 bits per heavy atom. The average Bonchev–Trinajstić information content (AvgIpc) is 2.99. The Hall–Kier alpha value is -2.87. The molecule has 0 aromatic carbocycles. The first kappa shape index (κ1) is 13.8. The monoisotopic (exact) mass is 310 g/mol. The predicted octanol–water partition coefficient (Wildman–Crippen LogP) is 0.723. The molecule has 1 N–H and O–H groups in total. The Morgan fingerprint density at radius 3 is 3.17 bits per heavy atom. The topological polar surface area (TPSA) is 94.8 Å². The largest absolute Gasteiger partial charge is 0.371 e. The number of carbonyl (C=O) groups is 1. The highest BCUT2D eigenvalue weighted by molar-refractivity contribution is 5.91. The lowest BCUT2D eigenvalue weighted by Gasteiger charge is -2.25. The van der Waals surface area contributed by atoms with Crippen LogP contribution < -0.4 is 5.32 Å². The molecule has 4 rings (SSSR count). The minimum absolute atomic E-state index is 0.0562. The molecule has 0 saturated heterocycles. The summed E-state index contributed by atoms with van der Waals surface area (Å²) in [6, 6.07) is 3.72. The van der Waals surface area contributed by atoms with Gasteiger partial charge < -0.3 is 14.6 Å². The third-order valence-electron chi connectivity index (χ3n) is 3.72. The quantitative estimate of drug-likeness (QED) is 0.766. The minimum Gasteiger partial charge on any atom is -0.371 e. The van der Waals surface area contributed by atoms with Crippen molar-refractivity contribution in [2.24, 2.45) is 0 Å². The van der Waals surface area contributed by atoms with Gasteiger partial charge in [0.2, 0.25) is 0 Å². The molecule has 0 fully saturated rings. The number of hydrogen-bond donors (Lipinski definition) is 1. The van der Waals surface area contributed by atoms with Gasteiger partial charge >= 0.3 is 0 Å². The second kappa shape index (κ2) is 5.73. The maximum Gasteiger partial charge on any atom is 0.271 e. The van der Waals surface area contributed by atoms with E-state index in [4.69, 9.17) is 4.74 Å². The van der Waals surface area contributed by atoms with Crippen molar-refractivity contribution in [3.63, 3.8) is 0 Å². The van der Waals surface area contributed by atoms with Crippen LogP contribution in [0, 0.1) is 0 Å². The van der Waals surface area contributed by atoms with Gasteiger partial charge in [-0.3, -0.25) is 9.78 Å². The predicted molar refractivity (Wildman–Crippen MR) is 80.6 cm³/mol. The van der Waals surface area contributed by atoms with E-state index in [2.05, 4.69) is 25.3 Å². The fourth-order valence-corrected chi connectivity index (χ4v) is 2.69. The van der Waals surface area contributed by atoms with Crippen LogP contribution in [0.25, 0.3) is 11.2 Å². The number of imidazole rings is 1. The van der Waals surface area contributed by atoms with Crippen LogP contribution in [0.5, 0.6) is 0 Å². The van der Waals surface area contributed by atoms with Crippen molar-refractivity contribution in [3.05, 3.63) is 48.4 Å². The summed E-state index contributed by atoms with van der Waals surface area (Å²) in [5.74, 6) is 0.561. The zero-order valence-corrected chi connectivity index (χ0v) is 12.2. The van der Waals surface area contributed by atoms with Crippen molar-refractivity contribution in [3.8, 4) is 0 Å². The molecule has 1 unspecified atom stereocenters. The lowest BCUT2D eigenvalue weighted by Crippen LogP contribution is -2.36. The number of pyridine rings is 1. The summed E-state index contributed by atoms with van der Waals surface area (Å²) in [5, 5.41) is 2.87. The summed E-state index contributed by atoms with van der Waals surface area (Å²) in [6.45, 7) is 1.35. The van der Waals surface area contributed by atoms with Gasteiger partial charge in [0.25, 0.3) is 5.91 Å². The van der Waals surface area contributed by atoms with Crippen molar-refractivity contribution in [2.75, 3.05) is 13.2 Å². The molecule has 0 aliphatic carbocycles. The van der Waals surface area contributed by atoms with Gasteiger partial charge in [-0.1, -0.05) is 0 Å². The number of hydrogen-bond acceptors (Lipinski definition) is 6. The molecule has 0 saturated carbocycles. The molecule has 23 heavy (non-hydrogen) atoms. The summed E-state index contributed by atoms with van der Waals surface area (Å²) >= 11 is 0. The van der Waals surface area contributed by atoms with E-state index in [0.717, 1.165) is 17.0 Å². The molecule has 116 valence electrons. The maximum atomic E-state index is 12.1. The molecule has 0 bridgehead atoms. The Balaban J connectivity index is 1.56. The Bertz CT molecular complexity index is 848.